The zero-order valence-corrected chi connectivity index (χ0v) is 13.9. The van der Waals surface area contributed by atoms with Gasteiger partial charge in [0.1, 0.15) is 4.88 Å². The number of carbonyl (C=O) groups excluding carboxylic acids is 1. The Morgan fingerprint density at radius 2 is 1.86 bits per heavy atom. The molecule has 0 radical (unpaired) electrons. The summed E-state index contributed by atoms with van der Waals surface area (Å²) in [5.41, 5.74) is 6.22. The van der Waals surface area contributed by atoms with Crippen LogP contribution in [0.2, 0.25) is 0 Å². The molecule has 1 aliphatic heterocycles. The van der Waals surface area contributed by atoms with Crippen LogP contribution in [0, 0.1) is 6.92 Å². The number of rotatable bonds is 3. The fourth-order valence-electron chi connectivity index (χ4n) is 2.11. The minimum atomic E-state index is -3.42. The number of aromatic nitrogens is 1. The van der Waals surface area contributed by atoms with Crippen molar-refractivity contribution in [2.75, 3.05) is 46.0 Å². The number of nitrogens with two attached hydrogens (primary N) is 1. The first kappa shape index (κ1) is 16.1. The summed E-state index contributed by atoms with van der Waals surface area (Å²) in [4.78, 5) is 18.6. The number of hydrogen-bond donors (Lipinski definition) is 1. The maximum absolute atomic E-state index is 12.4. The predicted molar refractivity (Wildman–Crippen MR) is 81.3 cm³/mol. The molecule has 8 nitrogen and oxygen atoms in total. The largest absolute Gasteiger partial charge is 0.375 e. The number of aryl methyl sites for hydroxylation is 1. The number of carbonyl (C=O) groups is 1. The average molecular weight is 333 g/mol. The second-order valence-electron chi connectivity index (χ2n) is 4.95. The van der Waals surface area contributed by atoms with Gasteiger partial charge in [0.2, 0.25) is 0 Å². The smallest absolute Gasteiger partial charge is 0.281 e. The highest BCUT2D eigenvalue weighted by molar-refractivity contribution is 7.86. The lowest BCUT2D eigenvalue weighted by atomic mass is 10.3. The van der Waals surface area contributed by atoms with Crippen molar-refractivity contribution in [2.45, 2.75) is 6.92 Å². The normalized spacial score (nSPS) is 17.4. The topological polar surface area (TPSA) is 99.8 Å². The van der Waals surface area contributed by atoms with Crippen molar-refractivity contribution in [1.29, 1.82) is 0 Å². The zero-order chi connectivity index (χ0) is 15.8. The van der Waals surface area contributed by atoms with E-state index in [4.69, 9.17) is 5.73 Å². The second kappa shape index (κ2) is 5.87. The third-order valence-electron chi connectivity index (χ3n) is 3.32. The van der Waals surface area contributed by atoms with Crippen LogP contribution >= 0.6 is 11.3 Å². The van der Waals surface area contributed by atoms with Gasteiger partial charge in [0.15, 0.2) is 5.13 Å². The predicted octanol–water partition coefficient (Wildman–Crippen LogP) is -0.402. The molecule has 0 bridgehead atoms. The third kappa shape index (κ3) is 3.18. The first-order valence-electron chi connectivity index (χ1n) is 6.43. The first-order valence-corrected chi connectivity index (χ1v) is 8.64. The highest BCUT2D eigenvalue weighted by Crippen LogP contribution is 2.22. The van der Waals surface area contributed by atoms with Gasteiger partial charge in [0.25, 0.3) is 16.1 Å². The summed E-state index contributed by atoms with van der Waals surface area (Å²) >= 11 is 1.16. The summed E-state index contributed by atoms with van der Waals surface area (Å²) in [5, 5.41) is 0.365. The van der Waals surface area contributed by atoms with Crippen LogP contribution in [0.25, 0.3) is 0 Å². The monoisotopic (exact) mass is 333 g/mol. The lowest BCUT2D eigenvalue weighted by Gasteiger charge is -2.34. The van der Waals surface area contributed by atoms with E-state index >= 15 is 0 Å². The molecule has 0 spiro atoms. The van der Waals surface area contributed by atoms with Crippen LogP contribution in [0.4, 0.5) is 5.13 Å². The van der Waals surface area contributed by atoms with Gasteiger partial charge in [-0.05, 0) is 6.92 Å². The Kier molecular flexibility index (Phi) is 4.51. The van der Waals surface area contributed by atoms with E-state index < -0.39 is 10.2 Å². The molecule has 10 heteroatoms. The molecule has 1 aliphatic rings. The molecule has 2 N–H and O–H groups in total. The molecule has 1 saturated heterocycles. The third-order valence-corrected chi connectivity index (χ3v) is 6.24. The zero-order valence-electron chi connectivity index (χ0n) is 12.2. The van der Waals surface area contributed by atoms with E-state index in [9.17, 15) is 13.2 Å². The number of nitrogen functional groups attached to an aromatic ring is 1. The van der Waals surface area contributed by atoms with E-state index in [1.165, 1.54) is 22.7 Å². The SMILES string of the molecule is Cc1nc(N)sc1C(=O)N1CCN(S(=O)(=O)N(C)C)CC1. The molecule has 2 rings (SSSR count). The maximum atomic E-state index is 12.4. The molecule has 0 saturated carbocycles. The highest BCUT2D eigenvalue weighted by Gasteiger charge is 2.31. The van der Waals surface area contributed by atoms with Crippen LogP contribution in [-0.2, 0) is 10.2 Å². The molecule has 1 amide bonds. The van der Waals surface area contributed by atoms with Crippen LogP contribution in [0.5, 0.6) is 0 Å². The molecule has 0 aromatic carbocycles. The summed E-state index contributed by atoms with van der Waals surface area (Å²) < 4.78 is 26.6. The summed E-state index contributed by atoms with van der Waals surface area (Å²) in [6.07, 6.45) is 0. The van der Waals surface area contributed by atoms with E-state index in [0.717, 1.165) is 11.3 Å². The van der Waals surface area contributed by atoms with Gasteiger partial charge in [-0.2, -0.15) is 17.0 Å². The van der Waals surface area contributed by atoms with Crippen molar-refractivity contribution < 1.29 is 13.2 Å². The molecule has 1 aromatic heterocycles. The van der Waals surface area contributed by atoms with Gasteiger partial charge < -0.3 is 10.6 Å². The van der Waals surface area contributed by atoms with Crippen molar-refractivity contribution in [3.8, 4) is 0 Å². The van der Waals surface area contributed by atoms with E-state index in [-0.39, 0.29) is 5.91 Å². The van der Waals surface area contributed by atoms with Gasteiger partial charge >= 0.3 is 0 Å². The van der Waals surface area contributed by atoms with Crippen molar-refractivity contribution >= 4 is 32.6 Å². The van der Waals surface area contributed by atoms with Gasteiger partial charge in [-0.25, -0.2) is 4.98 Å². The van der Waals surface area contributed by atoms with Crippen LogP contribution in [0.3, 0.4) is 0 Å². The molecular weight excluding hydrogens is 314 g/mol. The highest BCUT2D eigenvalue weighted by atomic mass is 32.2. The van der Waals surface area contributed by atoms with Gasteiger partial charge in [0, 0.05) is 40.3 Å². The first-order chi connectivity index (χ1) is 9.73. The number of piperazine rings is 1. The molecule has 21 heavy (non-hydrogen) atoms. The van der Waals surface area contributed by atoms with Crippen LogP contribution < -0.4 is 5.73 Å². The quantitative estimate of drug-likeness (QED) is 0.811. The lowest BCUT2D eigenvalue weighted by molar-refractivity contribution is 0.0699. The number of thiazole rings is 1. The minimum Gasteiger partial charge on any atom is -0.375 e. The molecule has 1 fully saturated rings. The Labute approximate surface area is 128 Å². The van der Waals surface area contributed by atoms with E-state index in [2.05, 4.69) is 4.98 Å². The fourth-order valence-corrected chi connectivity index (χ4v) is 4.00. The number of nitrogens with zero attached hydrogens (tertiary/aromatic N) is 4. The summed E-state index contributed by atoms with van der Waals surface area (Å²) in [7, 11) is -0.426. The molecule has 0 unspecified atom stereocenters. The van der Waals surface area contributed by atoms with Crippen LogP contribution in [0.1, 0.15) is 15.4 Å². The summed E-state index contributed by atoms with van der Waals surface area (Å²) in [6.45, 7) is 3.05. The standard InChI is InChI=1S/C11H19N5O3S2/c1-8-9(20-11(12)13-8)10(17)15-4-6-16(7-5-15)21(18,19)14(2)3/h4-7H2,1-3H3,(H2,12,13). The Hall–Kier alpha value is -1.23. The van der Waals surface area contributed by atoms with Gasteiger partial charge in [0.05, 0.1) is 5.69 Å². The number of hydrogen-bond acceptors (Lipinski definition) is 6. The number of amides is 1. The van der Waals surface area contributed by atoms with Crippen molar-refractivity contribution in [3.05, 3.63) is 10.6 Å². The maximum Gasteiger partial charge on any atom is 0.281 e. The average Bonchev–Trinajstić information content (AvgIpc) is 2.77. The van der Waals surface area contributed by atoms with Crippen LogP contribution in [0.15, 0.2) is 0 Å². The van der Waals surface area contributed by atoms with E-state index in [1.54, 1.807) is 11.8 Å². The lowest BCUT2D eigenvalue weighted by Crippen LogP contribution is -2.53. The molecule has 0 aliphatic carbocycles. The van der Waals surface area contributed by atoms with Crippen molar-refractivity contribution in [2.24, 2.45) is 0 Å². The van der Waals surface area contributed by atoms with Crippen molar-refractivity contribution in [3.63, 3.8) is 0 Å². The Balaban J connectivity index is 2.05. The Morgan fingerprint density at radius 3 is 2.29 bits per heavy atom. The molecule has 0 atom stereocenters. The second-order valence-corrected chi connectivity index (χ2v) is 8.12. The van der Waals surface area contributed by atoms with Crippen molar-refractivity contribution in [1.82, 2.24) is 18.5 Å². The molecule has 1 aromatic rings. The fraction of sp³-hybridized carbons (Fsp3) is 0.636. The molecule has 118 valence electrons. The molecular formula is C11H19N5O3S2. The van der Waals surface area contributed by atoms with E-state index in [1.807, 2.05) is 0 Å². The van der Waals surface area contributed by atoms with Crippen LogP contribution in [-0.4, -0.2) is 73.1 Å². The van der Waals surface area contributed by atoms with Gasteiger partial charge in [-0.1, -0.05) is 11.3 Å². The summed E-state index contributed by atoms with van der Waals surface area (Å²) in [5.74, 6) is -0.136. The van der Waals surface area contributed by atoms with Gasteiger partial charge in [-0.3, -0.25) is 4.79 Å². The van der Waals surface area contributed by atoms with E-state index in [0.29, 0.717) is 41.9 Å². The molecule has 2 heterocycles. The Morgan fingerprint density at radius 1 is 1.29 bits per heavy atom. The number of anilines is 1. The van der Waals surface area contributed by atoms with Gasteiger partial charge in [-0.15, -0.1) is 0 Å². The minimum absolute atomic E-state index is 0.136. The summed E-state index contributed by atoms with van der Waals surface area (Å²) in [6, 6.07) is 0. The Bertz CT molecular complexity index is 632.